The first-order valence-electron chi connectivity index (χ1n) is 6.13. The molecule has 0 aliphatic rings. The second-order valence-electron chi connectivity index (χ2n) is 3.74. The van der Waals surface area contributed by atoms with E-state index >= 15 is 0 Å². The van der Waals surface area contributed by atoms with Crippen molar-refractivity contribution in [1.82, 2.24) is 0 Å². The van der Waals surface area contributed by atoms with E-state index < -0.39 is 18.2 Å². The minimum absolute atomic E-state index is 0.498. The molecule has 0 spiro atoms. The Balaban J connectivity index is -0.000000205. The van der Waals surface area contributed by atoms with Crippen LogP contribution in [0.1, 0.15) is 41.5 Å². The van der Waals surface area contributed by atoms with Crippen molar-refractivity contribution < 1.29 is 18.2 Å². The van der Waals surface area contributed by atoms with Crippen LogP contribution in [0.5, 0.6) is 0 Å². The van der Waals surface area contributed by atoms with Crippen LogP contribution in [0.4, 0.5) is 0 Å². The fourth-order valence-electron chi connectivity index (χ4n) is 0.216. The van der Waals surface area contributed by atoms with Crippen molar-refractivity contribution in [1.29, 1.82) is 0 Å². The van der Waals surface area contributed by atoms with Crippen LogP contribution in [0.3, 0.4) is 0 Å². The van der Waals surface area contributed by atoms with E-state index in [1.807, 2.05) is 13.8 Å². The normalized spacial score (nSPS) is 8.82. The third kappa shape index (κ3) is 48.6. The fourth-order valence-corrected chi connectivity index (χ4v) is 1.77. The number of rotatable bonds is 4. The molecular weight excluding hydrogens is 384 g/mol. The third-order valence-corrected chi connectivity index (χ3v) is 4.86. The van der Waals surface area contributed by atoms with E-state index in [9.17, 15) is 0 Å². The van der Waals surface area contributed by atoms with Crippen LogP contribution in [-0.2, 0) is 18.2 Å². The molecule has 0 aromatic rings. The largest absolute Gasteiger partial charge is 0.665 e. The zero-order chi connectivity index (χ0) is 14.1. The molecule has 0 aromatic carbocycles. The molecule has 0 saturated heterocycles. The van der Waals surface area contributed by atoms with Gasteiger partial charge in [-0.1, -0.05) is 13.8 Å². The van der Waals surface area contributed by atoms with Gasteiger partial charge in [0.25, 0.3) is 0 Å². The summed E-state index contributed by atoms with van der Waals surface area (Å²) in [5.74, 6) is 0. The van der Waals surface area contributed by atoms with Gasteiger partial charge in [0.05, 0.1) is 0 Å². The van der Waals surface area contributed by atoms with Gasteiger partial charge in [0.15, 0.2) is 0 Å². The summed E-state index contributed by atoms with van der Waals surface area (Å²) in [6.07, 6.45) is 0. The second kappa shape index (κ2) is 21.5. The zero-order valence-electron chi connectivity index (χ0n) is 12.8. The molecule has 17 heavy (non-hydrogen) atoms. The van der Waals surface area contributed by atoms with Gasteiger partial charge in [0.2, 0.25) is 0 Å². The van der Waals surface area contributed by atoms with E-state index in [-0.39, 0.29) is 0 Å². The molecule has 0 bridgehead atoms. The first-order valence-corrected chi connectivity index (χ1v) is 8.76. The minimum atomic E-state index is -0.653. The Bertz CT molecular complexity index is 155. The summed E-state index contributed by atoms with van der Waals surface area (Å²) in [7, 11) is 3.61. The summed E-state index contributed by atoms with van der Waals surface area (Å²) in [5.41, 5.74) is 0. The number of nitrogens with zero attached hydrogens (tertiary/aromatic N) is 4. The Morgan fingerprint density at radius 2 is 1.06 bits per heavy atom. The molecule has 0 heterocycles. The summed E-state index contributed by atoms with van der Waals surface area (Å²) in [4.78, 5) is 0. The minimum Gasteiger partial charge on any atom is -0.665 e. The first kappa shape index (κ1) is 22.4. The topological polar surface area (TPSA) is 52.9 Å². The molecular formula is C12H30N4W-2. The van der Waals surface area contributed by atoms with Crippen LogP contribution in [0.2, 0.25) is 0 Å². The molecule has 0 unspecified atom stereocenters. The fraction of sp³-hybridized carbons (Fsp3) is 1.00. The number of hydrogen-bond donors (Lipinski definition) is 0. The van der Waals surface area contributed by atoms with Crippen LogP contribution >= 0.6 is 0 Å². The molecule has 0 aliphatic carbocycles. The van der Waals surface area contributed by atoms with Gasteiger partial charge in [-0.05, 0) is 0 Å². The Hall–Kier alpha value is 0.208. The molecule has 0 rings (SSSR count). The molecule has 0 fully saturated rings. The van der Waals surface area contributed by atoms with E-state index in [0.29, 0.717) is 12.1 Å². The maximum Gasteiger partial charge on any atom is -0.0844 e. The predicted octanol–water partition coefficient (Wildman–Crippen LogP) is 4.27. The molecule has 4 nitrogen and oxygen atoms in total. The quantitative estimate of drug-likeness (QED) is 0.660. The maximum atomic E-state index is 4.36. The van der Waals surface area contributed by atoms with Crippen LogP contribution in [-0.4, -0.2) is 39.3 Å². The van der Waals surface area contributed by atoms with Gasteiger partial charge >= 0.3 is 65.0 Å². The van der Waals surface area contributed by atoms with E-state index in [1.165, 1.54) is 0 Å². The molecule has 106 valence electrons. The maximum absolute atomic E-state index is 4.36. The van der Waals surface area contributed by atoms with Crippen LogP contribution in [0.15, 0.2) is 6.99 Å². The zero-order valence-corrected chi connectivity index (χ0v) is 15.7. The van der Waals surface area contributed by atoms with Crippen molar-refractivity contribution in [3.8, 4) is 0 Å². The molecule has 0 saturated carbocycles. The average Bonchev–Trinajstić information content (AvgIpc) is 2.29. The van der Waals surface area contributed by atoms with Crippen LogP contribution in [0.25, 0.3) is 10.6 Å². The predicted molar refractivity (Wildman–Crippen MR) is 74.8 cm³/mol. The van der Waals surface area contributed by atoms with Gasteiger partial charge in [0, 0.05) is 0 Å². The van der Waals surface area contributed by atoms with E-state index in [2.05, 4.69) is 45.3 Å². The molecule has 0 radical (unpaired) electrons. The molecule has 0 atom stereocenters. The van der Waals surface area contributed by atoms with Crippen molar-refractivity contribution in [2.75, 3.05) is 27.2 Å². The molecule has 0 aliphatic heterocycles. The monoisotopic (exact) mass is 414 g/mol. The summed E-state index contributed by atoms with van der Waals surface area (Å²) >= 11 is -0.653. The van der Waals surface area contributed by atoms with Crippen LogP contribution < -0.4 is 0 Å². The smallest absolute Gasteiger partial charge is 0.0844 e. The summed E-state index contributed by atoms with van der Waals surface area (Å²) in [6, 6.07) is 0.995. The average molecular weight is 414 g/mol. The van der Waals surface area contributed by atoms with Gasteiger partial charge in [-0.25, -0.2) is 0 Å². The number of hydrogen-bond acceptors (Lipinski definition) is 2. The molecule has 0 aromatic heterocycles. The second-order valence-corrected chi connectivity index (χ2v) is 5.85. The Morgan fingerprint density at radius 1 is 0.824 bits per heavy atom. The van der Waals surface area contributed by atoms with Gasteiger partial charge in [-0.2, -0.15) is 27.2 Å². The van der Waals surface area contributed by atoms with Crippen molar-refractivity contribution >= 4 is 0 Å². The van der Waals surface area contributed by atoms with Crippen molar-refractivity contribution in [3.05, 3.63) is 10.6 Å². The van der Waals surface area contributed by atoms with Gasteiger partial charge in [-0.15, -0.1) is 0 Å². The Labute approximate surface area is 117 Å². The first-order chi connectivity index (χ1) is 7.95. The SMILES string of the molecule is CC(C)[N]=[W]=[N]C(C)C.CC[N-]C.CC[N-]C. The summed E-state index contributed by atoms with van der Waals surface area (Å²) in [6.45, 7) is 14.3. The molecule has 5 heteroatoms. The summed E-state index contributed by atoms with van der Waals surface area (Å²) in [5, 5.41) is 7.47. The van der Waals surface area contributed by atoms with Gasteiger partial charge in [-0.3, -0.25) is 0 Å². The van der Waals surface area contributed by atoms with E-state index in [4.69, 9.17) is 0 Å². The van der Waals surface area contributed by atoms with E-state index in [1.54, 1.807) is 14.1 Å². The third-order valence-electron chi connectivity index (χ3n) is 1.15. The Morgan fingerprint density at radius 3 is 1.18 bits per heavy atom. The molecule has 0 amide bonds. The van der Waals surface area contributed by atoms with Crippen molar-refractivity contribution in [2.45, 2.75) is 53.6 Å². The summed E-state index contributed by atoms with van der Waals surface area (Å²) < 4.78 is 8.73. The standard InChI is InChI=1S/2C3H8N.2C3H7N.W/c2*1-3-4-2;2*1-3(2)4;/h2*3H2,1-2H3;2*3H,1-2H3;/q2*-1;;;. The van der Waals surface area contributed by atoms with Crippen LogP contribution in [0, 0.1) is 0 Å². The van der Waals surface area contributed by atoms with Gasteiger partial charge in [0.1, 0.15) is 0 Å². The van der Waals surface area contributed by atoms with Gasteiger partial charge < -0.3 is 10.6 Å². The van der Waals surface area contributed by atoms with Crippen molar-refractivity contribution in [3.63, 3.8) is 0 Å². The molecule has 0 N–H and O–H groups in total. The Kier molecular flexibility index (Phi) is 28.3. The van der Waals surface area contributed by atoms with Crippen molar-refractivity contribution in [2.24, 2.45) is 6.99 Å². The van der Waals surface area contributed by atoms with E-state index in [0.717, 1.165) is 13.1 Å².